The van der Waals surface area contributed by atoms with Crippen LogP contribution < -0.4 is 0 Å². The van der Waals surface area contributed by atoms with E-state index in [9.17, 15) is 0 Å². The lowest BCUT2D eigenvalue weighted by Gasteiger charge is -2.38. The van der Waals surface area contributed by atoms with E-state index in [-0.39, 0.29) is 0 Å². The van der Waals surface area contributed by atoms with Crippen molar-refractivity contribution in [1.82, 2.24) is 0 Å². The maximum Gasteiger partial charge on any atom is -0.0292 e. The molecule has 0 heteroatoms. The monoisotopic (exact) mass is 246 g/mol. The maximum atomic E-state index is 2.65. The van der Waals surface area contributed by atoms with E-state index in [2.05, 4.69) is 13.8 Å². The zero-order valence-corrected chi connectivity index (χ0v) is 12.3. The average molecular weight is 246 g/mol. The van der Waals surface area contributed by atoms with Crippen LogP contribution in [-0.4, -0.2) is 0 Å². The molecular formula is C18H30. The van der Waals surface area contributed by atoms with Gasteiger partial charge in [0.25, 0.3) is 0 Å². The Kier molecular flexibility index (Phi) is 2.62. The lowest BCUT2D eigenvalue weighted by Crippen LogP contribution is -2.28. The summed E-state index contributed by atoms with van der Waals surface area (Å²) in [4.78, 5) is 0. The molecule has 0 radical (unpaired) electrons. The normalized spacial score (nSPS) is 58.3. The Hall–Kier alpha value is 0. The van der Waals surface area contributed by atoms with Crippen molar-refractivity contribution in [2.45, 2.75) is 71.6 Å². The Bertz CT molecular complexity index is 333. The number of rotatable bonds is 2. The summed E-state index contributed by atoms with van der Waals surface area (Å²) in [6.45, 7) is 5.24. The highest BCUT2D eigenvalue weighted by atomic mass is 14.6. The van der Waals surface area contributed by atoms with Gasteiger partial charge in [0.05, 0.1) is 0 Å². The SMILES string of the molecule is CC1C(CC2(C)CC3CCC2C3)CC2CCCC21. The molecule has 2 bridgehead atoms. The first-order valence-electron chi connectivity index (χ1n) is 8.66. The lowest BCUT2D eigenvalue weighted by molar-refractivity contribution is 0.124. The van der Waals surface area contributed by atoms with Crippen molar-refractivity contribution in [2.24, 2.45) is 40.9 Å². The Balaban J connectivity index is 1.46. The van der Waals surface area contributed by atoms with E-state index in [1.54, 1.807) is 51.4 Å². The molecule has 4 fully saturated rings. The van der Waals surface area contributed by atoms with E-state index in [4.69, 9.17) is 0 Å². The van der Waals surface area contributed by atoms with E-state index in [0.717, 1.165) is 40.9 Å². The molecule has 4 saturated carbocycles. The molecule has 0 N–H and O–H groups in total. The van der Waals surface area contributed by atoms with E-state index in [0.29, 0.717) is 0 Å². The first-order chi connectivity index (χ1) is 8.66. The van der Waals surface area contributed by atoms with Crippen LogP contribution >= 0.6 is 0 Å². The Morgan fingerprint density at radius 1 is 1.06 bits per heavy atom. The molecule has 0 heterocycles. The van der Waals surface area contributed by atoms with Crippen LogP contribution in [0.2, 0.25) is 0 Å². The van der Waals surface area contributed by atoms with Crippen molar-refractivity contribution in [1.29, 1.82) is 0 Å². The standard InChI is InChI=1S/C18H30/c1-12-15(9-14-4-3-5-17(12)14)11-18(2)10-13-6-7-16(18)8-13/h12-17H,3-11H2,1-2H3. The van der Waals surface area contributed by atoms with Crippen molar-refractivity contribution >= 4 is 0 Å². The molecule has 0 aromatic heterocycles. The highest BCUT2D eigenvalue weighted by Gasteiger charge is 2.51. The summed E-state index contributed by atoms with van der Waals surface area (Å²) >= 11 is 0. The second kappa shape index (κ2) is 4.00. The molecule has 4 rings (SSSR count). The minimum absolute atomic E-state index is 0.750. The maximum absolute atomic E-state index is 2.65. The second-order valence-corrected chi connectivity index (χ2v) is 8.65. The summed E-state index contributed by atoms with van der Waals surface area (Å²) in [5.74, 6) is 6.62. The van der Waals surface area contributed by atoms with Gasteiger partial charge in [0.2, 0.25) is 0 Å². The van der Waals surface area contributed by atoms with Crippen LogP contribution in [0.5, 0.6) is 0 Å². The van der Waals surface area contributed by atoms with Crippen LogP contribution in [0.4, 0.5) is 0 Å². The predicted molar refractivity (Wildman–Crippen MR) is 76.3 cm³/mol. The molecule has 0 spiro atoms. The molecule has 0 saturated heterocycles. The fraction of sp³-hybridized carbons (Fsp3) is 1.00. The summed E-state index contributed by atoms with van der Waals surface area (Å²) in [6.07, 6.45) is 14.1. The summed E-state index contributed by atoms with van der Waals surface area (Å²) in [5.41, 5.74) is 0.750. The minimum Gasteiger partial charge on any atom is -0.0620 e. The third kappa shape index (κ3) is 1.63. The van der Waals surface area contributed by atoms with Gasteiger partial charge in [-0.15, -0.1) is 0 Å². The van der Waals surface area contributed by atoms with Crippen LogP contribution in [-0.2, 0) is 0 Å². The first kappa shape index (κ1) is 11.8. The molecule has 4 aliphatic rings. The van der Waals surface area contributed by atoms with E-state index < -0.39 is 0 Å². The third-order valence-corrected chi connectivity index (χ3v) is 7.75. The largest absolute Gasteiger partial charge is 0.0620 e. The van der Waals surface area contributed by atoms with Crippen LogP contribution in [0, 0.1) is 40.9 Å². The molecule has 102 valence electrons. The molecule has 4 aliphatic carbocycles. The Morgan fingerprint density at radius 3 is 2.61 bits per heavy atom. The second-order valence-electron chi connectivity index (χ2n) is 8.65. The molecule has 0 aromatic carbocycles. The highest BCUT2D eigenvalue weighted by Crippen LogP contribution is 2.61. The fourth-order valence-electron chi connectivity index (χ4n) is 6.84. The molecule has 18 heavy (non-hydrogen) atoms. The third-order valence-electron chi connectivity index (χ3n) is 7.75. The summed E-state index contributed by atoms with van der Waals surface area (Å²) in [6, 6.07) is 0. The number of hydrogen-bond donors (Lipinski definition) is 0. The Labute approximate surface area is 113 Å². The zero-order valence-electron chi connectivity index (χ0n) is 12.3. The van der Waals surface area contributed by atoms with Crippen molar-refractivity contribution in [3.63, 3.8) is 0 Å². The average Bonchev–Trinajstić information content (AvgIpc) is 3.03. The highest BCUT2D eigenvalue weighted by molar-refractivity contribution is 5.01. The molecule has 7 unspecified atom stereocenters. The fourth-order valence-corrected chi connectivity index (χ4v) is 6.84. The van der Waals surface area contributed by atoms with Gasteiger partial charge >= 0.3 is 0 Å². The minimum atomic E-state index is 0.750. The number of fused-ring (bicyclic) bond motifs is 3. The molecule has 0 amide bonds. The summed E-state index contributed by atoms with van der Waals surface area (Å²) < 4.78 is 0. The van der Waals surface area contributed by atoms with E-state index >= 15 is 0 Å². The summed E-state index contributed by atoms with van der Waals surface area (Å²) in [7, 11) is 0. The van der Waals surface area contributed by atoms with Gasteiger partial charge in [-0.25, -0.2) is 0 Å². The van der Waals surface area contributed by atoms with Gasteiger partial charge in [0.1, 0.15) is 0 Å². The Morgan fingerprint density at radius 2 is 1.94 bits per heavy atom. The van der Waals surface area contributed by atoms with Gasteiger partial charge in [-0.05, 0) is 79.4 Å². The number of hydrogen-bond acceptors (Lipinski definition) is 0. The summed E-state index contributed by atoms with van der Waals surface area (Å²) in [5, 5.41) is 0. The first-order valence-corrected chi connectivity index (χ1v) is 8.66. The van der Waals surface area contributed by atoms with Gasteiger partial charge < -0.3 is 0 Å². The van der Waals surface area contributed by atoms with Gasteiger partial charge in [-0.2, -0.15) is 0 Å². The zero-order chi connectivity index (χ0) is 12.3. The van der Waals surface area contributed by atoms with E-state index in [1.807, 2.05) is 0 Å². The molecule has 0 nitrogen and oxygen atoms in total. The van der Waals surface area contributed by atoms with Gasteiger partial charge in [-0.1, -0.05) is 33.1 Å². The van der Waals surface area contributed by atoms with E-state index in [1.165, 1.54) is 6.42 Å². The van der Waals surface area contributed by atoms with Crippen LogP contribution in [0.25, 0.3) is 0 Å². The molecule has 0 aromatic rings. The van der Waals surface area contributed by atoms with Crippen molar-refractivity contribution < 1.29 is 0 Å². The van der Waals surface area contributed by atoms with Crippen LogP contribution in [0.1, 0.15) is 71.6 Å². The van der Waals surface area contributed by atoms with Gasteiger partial charge in [0.15, 0.2) is 0 Å². The van der Waals surface area contributed by atoms with Crippen molar-refractivity contribution in [3.8, 4) is 0 Å². The van der Waals surface area contributed by atoms with Gasteiger partial charge in [0, 0.05) is 0 Å². The predicted octanol–water partition coefficient (Wildman–Crippen LogP) is 5.28. The van der Waals surface area contributed by atoms with Crippen LogP contribution in [0.15, 0.2) is 0 Å². The lowest BCUT2D eigenvalue weighted by atomic mass is 9.67. The quantitative estimate of drug-likeness (QED) is 0.622. The molecular weight excluding hydrogens is 216 g/mol. The molecule has 7 atom stereocenters. The van der Waals surface area contributed by atoms with Crippen molar-refractivity contribution in [3.05, 3.63) is 0 Å². The molecule has 0 aliphatic heterocycles. The topological polar surface area (TPSA) is 0 Å². The van der Waals surface area contributed by atoms with Gasteiger partial charge in [-0.3, -0.25) is 0 Å². The van der Waals surface area contributed by atoms with Crippen molar-refractivity contribution in [2.75, 3.05) is 0 Å². The smallest absolute Gasteiger partial charge is 0.0292 e. The van der Waals surface area contributed by atoms with Crippen LogP contribution in [0.3, 0.4) is 0 Å².